The molecule has 0 aliphatic carbocycles. The third-order valence-electron chi connectivity index (χ3n) is 7.26. The summed E-state index contributed by atoms with van der Waals surface area (Å²) < 4.78 is 63.9. The Bertz CT molecular complexity index is 1700. The number of aliphatic hydroxyl groups is 2. The molecule has 4 aromatic rings. The van der Waals surface area contributed by atoms with E-state index in [1.165, 1.54) is 34.4 Å². The first kappa shape index (κ1) is 30.2. The van der Waals surface area contributed by atoms with Crippen molar-refractivity contribution in [1.29, 1.82) is 0 Å². The molecule has 0 bridgehead atoms. The fourth-order valence-corrected chi connectivity index (χ4v) is 8.23. The lowest BCUT2D eigenvalue weighted by Crippen LogP contribution is -2.38. The van der Waals surface area contributed by atoms with E-state index in [1.807, 2.05) is 0 Å². The van der Waals surface area contributed by atoms with E-state index in [1.54, 1.807) is 0 Å². The summed E-state index contributed by atoms with van der Waals surface area (Å²) in [7, 11) is 0. The van der Waals surface area contributed by atoms with Gasteiger partial charge in [-0.3, -0.25) is 27.2 Å². The van der Waals surface area contributed by atoms with Gasteiger partial charge < -0.3 is 31.2 Å². The van der Waals surface area contributed by atoms with Crippen molar-refractivity contribution in [2.24, 2.45) is 0 Å². The Morgan fingerprint density at radius 1 is 0.727 bits per heavy atom. The number of hydrogen-bond donors (Lipinski definition) is 6. The molecule has 0 amide bonds. The molecule has 6 N–H and O–H groups in total. The highest BCUT2D eigenvalue weighted by Gasteiger charge is 2.53. The van der Waals surface area contributed by atoms with Gasteiger partial charge in [0.1, 0.15) is 60.3 Å². The Balaban J connectivity index is 1.17. The number of thiol groups is 2. The van der Waals surface area contributed by atoms with Gasteiger partial charge in [-0.2, -0.15) is 0 Å². The topological polar surface area (TPSA) is 269 Å². The number of hydrogen-bond acceptors (Lipinski definition) is 18. The van der Waals surface area contributed by atoms with E-state index in [0.717, 1.165) is 0 Å². The van der Waals surface area contributed by atoms with Crippen LogP contribution in [0.5, 0.6) is 0 Å². The van der Waals surface area contributed by atoms with Crippen LogP contribution >= 0.6 is 38.1 Å². The van der Waals surface area contributed by atoms with Crippen LogP contribution in [0.25, 0.3) is 22.3 Å². The van der Waals surface area contributed by atoms with Gasteiger partial charge in [0.05, 0.1) is 25.9 Å². The maximum Gasteiger partial charge on any atom is 0.386 e. The van der Waals surface area contributed by atoms with Crippen LogP contribution in [0.3, 0.4) is 0 Å². The molecule has 3 aliphatic rings. The molecule has 0 spiro atoms. The van der Waals surface area contributed by atoms with Crippen LogP contribution < -0.4 is 11.5 Å². The van der Waals surface area contributed by atoms with Gasteiger partial charge >= 0.3 is 13.6 Å². The number of imidazole rings is 2. The van der Waals surface area contributed by atoms with Crippen LogP contribution in [0.15, 0.2) is 25.3 Å². The summed E-state index contributed by atoms with van der Waals surface area (Å²) in [4.78, 5) is 24.4. The highest BCUT2D eigenvalue weighted by Crippen LogP contribution is 2.60. The number of nitrogens with two attached hydrogens (primary N) is 2. The SMILES string of the molecule is Nc1ncnc2c1ncn2C1OC2CO[P@](=O)(S)OC3[C@@H](CO[P@@](=O)(S)O[C@@H]2C1O)O[C@@H](n1cnc2c(N)ncnc21)[C@H]3O. The molecule has 0 aromatic carbocycles. The van der Waals surface area contributed by atoms with Gasteiger partial charge in [0.2, 0.25) is 0 Å². The van der Waals surface area contributed by atoms with E-state index in [9.17, 15) is 19.3 Å². The zero-order valence-electron chi connectivity index (χ0n) is 22.0. The lowest BCUT2D eigenvalue weighted by molar-refractivity contribution is -0.0561. The summed E-state index contributed by atoms with van der Waals surface area (Å²) in [6.07, 6.45) is -5.50. The second kappa shape index (κ2) is 11.1. The van der Waals surface area contributed by atoms with Gasteiger partial charge in [0.15, 0.2) is 35.4 Å². The average molecular weight is 691 g/mol. The van der Waals surface area contributed by atoms with E-state index < -0.39 is 75.9 Å². The molecule has 10 atom stereocenters. The standard InChI is InChI=1S/C20H24N10O10P2S2/c21-15-9-17(25-3-23-15)29(5-27-9)19-11(31)13-7(37-19)1-35-41(33,43)40-14-8(2-36-42(34,44)39-13)38-20(12(14)32)30-6-28-10-16(22)24-4-26-18(10)30/h3-8,11-14,19-20,31-32H,1-2H2,(H,33,43)(H,34,44)(H2,21,23,25)(H2,22,24,26)/t7-,8?,11+,12?,13?,14+,19-,20?,41-,42+/m1/s1. The molecule has 20 nitrogen and oxygen atoms in total. The first-order valence-electron chi connectivity index (χ1n) is 12.8. The summed E-state index contributed by atoms with van der Waals surface area (Å²) in [5.74, 6) is 0.203. The fraction of sp³-hybridized carbons (Fsp3) is 0.500. The van der Waals surface area contributed by atoms with Gasteiger partial charge in [-0.05, 0) is 0 Å². The number of aromatic nitrogens is 8. The van der Waals surface area contributed by atoms with Gasteiger partial charge in [-0.25, -0.2) is 39.0 Å². The summed E-state index contributed by atoms with van der Waals surface area (Å²) in [5, 5.41) is 22.5. The minimum Gasteiger partial charge on any atom is -0.386 e. The molecule has 44 heavy (non-hydrogen) atoms. The largest absolute Gasteiger partial charge is 0.386 e. The van der Waals surface area contributed by atoms with E-state index >= 15 is 0 Å². The van der Waals surface area contributed by atoms with Crippen molar-refractivity contribution in [3.63, 3.8) is 0 Å². The van der Waals surface area contributed by atoms with Gasteiger partial charge in [-0.1, -0.05) is 24.5 Å². The minimum absolute atomic E-state index is 0.101. The molecule has 7 rings (SSSR count). The Morgan fingerprint density at radius 2 is 1.14 bits per heavy atom. The van der Waals surface area contributed by atoms with E-state index in [0.29, 0.717) is 0 Å². The van der Waals surface area contributed by atoms with Crippen molar-refractivity contribution >= 4 is 72.1 Å². The predicted octanol–water partition coefficient (Wildman–Crippen LogP) is 0.240. The maximum absolute atomic E-state index is 13.4. The first-order valence-corrected chi connectivity index (χ1v) is 18.2. The Labute approximate surface area is 256 Å². The molecule has 3 fully saturated rings. The molecular weight excluding hydrogens is 666 g/mol. The third kappa shape index (κ3) is 5.27. The lowest BCUT2D eigenvalue weighted by Gasteiger charge is -2.28. The van der Waals surface area contributed by atoms with Crippen molar-refractivity contribution in [1.82, 2.24) is 39.0 Å². The molecule has 3 aliphatic heterocycles. The Hall–Kier alpha value is -2.46. The monoisotopic (exact) mass is 690 g/mol. The summed E-state index contributed by atoms with van der Waals surface area (Å²) >= 11 is 8.16. The maximum atomic E-state index is 13.4. The first-order chi connectivity index (χ1) is 20.9. The van der Waals surface area contributed by atoms with Crippen molar-refractivity contribution in [3.05, 3.63) is 25.3 Å². The molecule has 0 radical (unpaired) electrons. The van der Waals surface area contributed by atoms with Gasteiger partial charge in [-0.15, -0.1) is 0 Å². The van der Waals surface area contributed by atoms with Crippen molar-refractivity contribution in [2.45, 2.75) is 49.1 Å². The number of nitrogen functional groups attached to an aromatic ring is 2. The highest BCUT2D eigenvalue weighted by atomic mass is 32.7. The molecule has 236 valence electrons. The smallest absolute Gasteiger partial charge is 0.386 e. The predicted molar refractivity (Wildman–Crippen MR) is 154 cm³/mol. The second-order valence-electron chi connectivity index (χ2n) is 9.95. The van der Waals surface area contributed by atoms with Crippen molar-refractivity contribution in [3.8, 4) is 0 Å². The van der Waals surface area contributed by atoms with Crippen LogP contribution in [0.2, 0.25) is 0 Å². The number of rotatable bonds is 2. The van der Waals surface area contributed by atoms with Crippen LogP contribution in [0.1, 0.15) is 12.5 Å². The highest BCUT2D eigenvalue weighted by molar-refractivity contribution is 8.44. The number of fused-ring (bicyclic) bond motifs is 4. The number of nitrogens with zero attached hydrogens (tertiary/aromatic N) is 8. The van der Waals surface area contributed by atoms with Crippen LogP contribution in [0, 0.1) is 0 Å². The number of anilines is 2. The quantitative estimate of drug-likeness (QED) is 0.121. The fourth-order valence-electron chi connectivity index (χ4n) is 5.24. The molecule has 4 aromatic heterocycles. The number of aliphatic hydroxyl groups excluding tert-OH is 2. The van der Waals surface area contributed by atoms with Crippen LogP contribution in [0.4, 0.5) is 11.6 Å². The van der Waals surface area contributed by atoms with Crippen molar-refractivity contribution < 1.29 is 46.9 Å². The van der Waals surface area contributed by atoms with E-state index in [-0.39, 0.29) is 34.0 Å². The molecule has 0 saturated carbocycles. The van der Waals surface area contributed by atoms with E-state index in [4.69, 9.17) is 39.0 Å². The Morgan fingerprint density at radius 3 is 1.55 bits per heavy atom. The zero-order valence-corrected chi connectivity index (χ0v) is 25.6. The molecular formula is C20H24N10O10P2S2. The lowest BCUT2D eigenvalue weighted by atomic mass is 10.1. The van der Waals surface area contributed by atoms with Gasteiger partial charge in [0.25, 0.3) is 0 Å². The molecule has 24 heteroatoms. The zero-order chi connectivity index (χ0) is 31.0. The summed E-state index contributed by atoms with van der Waals surface area (Å²) in [5.41, 5.74) is 12.7. The van der Waals surface area contributed by atoms with Crippen LogP contribution in [-0.2, 0) is 36.7 Å². The average Bonchev–Trinajstić information content (AvgIpc) is 3.73. The molecule has 3 saturated heterocycles. The van der Waals surface area contributed by atoms with Crippen LogP contribution in [-0.4, -0.2) is 99.1 Å². The number of ether oxygens (including phenoxy) is 2. The second-order valence-corrected chi connectivity index (χ2v) is 15.7. The normalized spacial score (nSPS) is 38.3. The van der Waals surface area contributed by atoms with Gasteiger partial charge in [0, 0.05) is 0 Å². The van der Waals surface area contributed by atoms with E-state index in [2.05, 4.69) is 54.4 Å². The summed E-state index contributed by atoms with van der Waals surface area (Å²) in [6.45, 7) is -9.59. The minimum atomic E-state index is -4.26. The Kier molecular flexibility index (Phi) is 7.63. The third-order valence-corrected chi connectivity index (χ3v) is 10.5. The van der Waals surface area contributed by atoms with Crippen molar-refractivity contribution in [2.75, 3.05) is 24.7 Å². The molecule has 7 heterocycles. The molecule has 4 unspecified atom stereocenters. The summed E-state index contributed by atoms with van der Waals surface area (Å²) in [6, 6.07) is 0.